The van der Waals surface area contributed by atoms with Gasteiger partial charge in [-0.15, -0.1) is 0 Å². The second-order valence-electron chi connectivity index (χ2n) is 6.24. The van der Waals surface area contributed by atoms with Crippen molar-refractivity contribution in [2.24, 2.45) is 0 Å². The van der Waals surface area contributed by atoms with E-state index in [1.54, 1.807) is 0 Å². The van der Waals surface area contributed by atoms with Crippen LogP contribution in [0.5, 0.6) is 0 Å². The molecular weight excluding hydrogens is 360 g/mol. The topological polar surface area (TPSA) is 105 Å². The largest absolute Gasteiger partial charge is 0.481 e. The van der Waals surface area contributed by atoms with Crippen LogP contribution >= 0.6 is 11.6 Å². The van der Waals surface area contributed by atoms with Crippen LogP contribution in [0.1, 0.15) is 25.8 Å². The Kier molecular flexibility index (Phi) is 6.23. The maximum absolute atomic E-state index is 9.00. The van der Waals surface area contributed by atoms with E-state index < -0.39 is 5.97 Å². The Morgan fingerprint density at radius 3 is 2.62 bits per heavy atom. The van der Waals surface area contributed by atoms with E-state index in [0.29, 0.717) is 19.3 Å². The fourth-order valence-corrected chi connectivity index (χ4v) is 3.38. The molecule has 10 heteroatoms. The Morgan fingerprint density at radius 1 is 1.31 bits per heavy atom. The van der Waals surface area contributed by atoms with Gasteiger partial charge in [0, 0.05) is 20.0 Å². The quantitative estimate of drug-likeness (QED) is 0.749. The van der Waals surface area contributed by atoms with E-state index in [4.69, 9.17) is 26.2 Å². The van der Waals surface area contributed by atoms with E-state index in [2.05, 4.69) is 25.3 Å². The number of nitrogens with zero attached hydrogens (tertiary/aromatic N) is 5. The number of carboxylic acids is 1. The number of carboxylic acid groups (broad SMARTS) is 1. The number of ether oxygens (including phenoxy) is 1. The zero-order chi connectivity index (χ0) is 18.5. The Hall–Kier alpha value is -1.97. The highest BCUT2D eigenvalue weighted by molar-refractivity contribution is 6.28. The number of nitrogens with one attached hydrogen (secondary N) is 1. The van der Waals surface area contributed by atoms with Gasteiger partial charge >= 0.3 is 0 Å². The van der Waals surface area contributed by atoms with Crippen LogP contribution in [0.25, 0.3) is 11.0 Å². The van der Waals surface area contributed by atoms with Crippen LogP contribution in [-0.2, 0) is 9.53 Å². The first-order chi connectivity index (χ1) is 12.6. The van der Waals surface area contributed by atoms with Crippen molar-refractivity contribution in [3.8, 4) is 0 Å². The van der Waals surface area contributed by atoms with E-state index >= 15 is 0 Å². The highest BCUT2D eigenvalue weighted by atomic mass is 35.5. The number of rotatable bonds is 2. The second kappa shape index (κ2) is 8.61. The van der Waals surface area contributed by atoms with Gasteiger partial charge in [-0.05, 0) is 37.5 Å². The van der Waals surface area contributed by atoms with Crippen molar-refractivity contribution in [2.75, 3.05) is 44.3 Å². The van der Waals surface area contributed by atoms with Crippen LogP contribution < -0.4 is 10.2 Å². The molecule has 2 aromatic heterocycles. The lowest BCUT2D eigenvalue weighted by Gasteiger charge is -2.28. The van der Waals surface area contributed by atoms with Gasteiger partial charge in [-0.25, -0.2) is 4.68 Å². The van der Waals surface area contributed by atoms with Crippen LogP contribution in [0.4, 0.5) is 5.82 Å². The zero-order valence-electron chi connectivity index (χ0n) is 14.7. The first kappa shape index (κ1) is 18.8. The molecule has 0 amide bonds. The van der Waals surface area contributed by atoms with Gasteiger partial charge in [-0.2, -0.15) is 15.1 Å². The lowest BCUT2D eigenvalue weighted by Crippen LogP contribution is -2.37. The number of aromatic nitrogens is 4. The molecule has 0 unspecified atom stereocenters. The first-order valence-corrected chi connectivity index (χ1v) is 9.07. The van der Waals surface area contributed by atoms with E-state index in [0.717, 1.165) is 62.8 Å². The van der Waals surface area contributed by atoms with E-state index in [1.165, 1.54) is 0 Å². The molecule has 0 aromatic carbocycles. The minimum Gasteiger partial charge on any atom is -0.481 e. The maximum Gasteiger partial charge on any atom is 0.300 e. The average molecular weight is 383 g/mol. The molecule has 0 saturated carbocycles. The molecule has 2 fully saturated rings. The molecule has 2 saturated heterocycles. The summed E-state index contributed by atoms with van der Waals surface area (Å²) in [5, 5.41) is 16.6. The number of fused-ring (bicyclic) bond motifs is 1. The Balaban J connectivity index is 0.000000447. The number of morpholine rings is 1. The standard InChI is InChI=1S/C14H19ClN6O.C2H4O2/c15-14-18-12(20-5-7-22-8-6-20)11-9-17-21(13(11)19-14)10-1-3-16-4-2-10;1-2(3)4/h9-10,16H,1-8H2;1H3,(H,3,4). The number of hydrogen-bond donors (Lipinski definition) is 2. The summed E-state index contributed by atoms with van der Waals surface area (Å²) in [6, 6.07) is 0.377. The summed E-state index contributed by atoms with van der Waals surface area (Å²) in [5.41, 5.74) is 0.841. The van der Waals surface area contributed by atoms with Gasteiger partial charge in [0.15, 0.2) is 5.65 Å². The summed E-state index contributed by atoms with van der Waals surface area (Å²) in [6.45, 7) is 6.18. The van der Waals surface area contributed by atoms with Crippen molar-refractivity contribution in [3.63, 3.8) is 0 Å². The van der Waals surface area contributed by atoms with Crippen molar-refractivity contribution in [1.82, 2.24) is 25.1 Å². The third-order valence-corrected chi connectivity index (χ3v) is 4.54. The molecule has 0 atom stereocenters. The molecule has 0 bridgehead atoms. The number of piperidine rings is 1. The smallest absolute Gasteiger partial charge is 0.300 e. The Bertz CT molecular complexity index is 752. The summed E-state index contributed by atoms with van der Waals surface area (Å²) < 4.78 is 7.44. The molecule has 2 aliphatic heterocycles. The maximum atomic E-state index is 9.00. The molecule has 9 nitrogen and oxygen atoms in total. The van der Waals surface area contributed by atoms with Gasteiger partial charge in [0.1, 0.15) is 5.82 Å². The van der Waals surface area contributed by atoms with Gasteiger partial charge in [-0.3, -0.25) is 4.79 Å². The third-order valence-electron chi connectivity index (χ3n) is 4.37. The van der Waals surface area contributed by atoms with Gasteiger partial charge in [0.05, 0.1) is 30.8 Å². The van der Waals surface area contributed by atoms with Crippen molar-refractivity contribution in [3.05, 3.63) is 11.5 Å². The van der Waals surface area contributed by atoms with Gasteiger partial charge < -0.3 is 20.1 Å². The van der Waals surface area contributed by atoms with Crippen molar-refractivity contribution < 1.29 is 14.6 Å². The number of hydrogen-bond acceptors (Lipinski definition) is 7. The monoisotopic (exact) mass is 382 g/mol. The highest BCUT2D eigenvalue weighted by Gasteiger charge is 2.23. The van der Waals surface area contributed by atoms with Crippen LogP contribution in [0.3, 0.4) is 0 Å². The molecule has 0 spiro atoms. The van der Waals surface area contributed by atoms with Gasteiger partial charge in [-0.1, -0.05) is 0 Å². The number of anilines is 1. The van der Waals surface area contributed by atoms with Crippen LogP contribution in [0.2, 0.25) is 5.28 Å². The fourth-order valence-electron chi connectivity index (χ4n) is 3.22. The lowest BCUT2D eigenvalue weighted by atomic mass is 10.1. The van der Waals surface area contributed by atoms with Crippen LogP contribution in [0.15, 0.2) is 6.20 Å². The molecular formula is C16H23ClN6O3. The van der Waals surface area contributed by atoms with Gasteiger partial charge in [0.2, 0.25) is 5.28 Å². The molecule has 0 aliphatic carbocycles. The molecule has 4 heterocycles. The second-order valence-corrected chi connectivity index (χ2v) is 6.58. The number of aliphatic carboxylic acids is 1. The zero-order valence-corrected chi connectivity index (χ0v) is 15.4. The molecule has 2 aliphatic rings. The third kappa shape index (κ3) is 4.40. The summed E-state index contributed by atoms with van der Waals surface area (Å²) >= 11 is 6.18. The summed E-state index contributed by atoms with van der Waals surface area (Å²) in [5.74, 6) is 0.0403. The minimum absolute atomic E-state index is 0.282. The molecule has 4 rings (SSSR count). The van der Waals surface area contributed by atoms with Crippen LogP contribution in [0, 0.1) is 0 Å². The van der Waals surface area contributed by atoms with Crippen molar-refractivity contribution in [2.45, 2.75) is 25.8 Å². The van der Waals surface area contributed by atoms with Crippen LogP contribution in [-0.4, -0.2) is 70.2 Å². The van der Waals surface area contributed by atoms with Crippen molar-refractivity contribution >= 4 is 34.4 Å². The SMILES string of the molecule is CC(=O)O.Clc1nc(N2CCOCC2)c2cnn(C3CCNCC3)c2n1. The predicted molar refractivity (Wildman–Crippen MR) is 97.8 cm³/mol. The summed E-state index contributed by atoms with van der Waals surface area (Å²) in [6.07, 6.45) is 4.00. The molecule has 142 valence electrons. The first-order valence-electron chi connectivity index (χ1n) is 8.70. The lowest BCUT2D eigenvalue weighted by molar-refractivity contribution is -0.134. The Labute approximate surface area is 156 Å². The molecule has 2 N–H and O–H groups in total. The van der Waals surface area contributed by atoms with E-state index in [1.807, 2.05) is 10.9 Å². The molecule has 26 heavy (non-hydrogen) atoms. The number of carbonyl (C=O) groups is 1. The van der Waals surface area contributed by atoms with E-state index in [9.17, 15) is 0 Å². The minimum atomic E-state index is -0.833. The fraction of sp³-hybridized carbons (Fsp3) is 0.625. The highest BCUT2D eigenvalue weighted by Crippen LogP contribution is 2.29. The van der Waals surface area contributed by atoms with Crippen molar-refractivity contribution in [1.29, 1.82) is 0 Å². The molecule has 0 radical (unpaired) electrons. The number of halogens is 1. The normalized spacial score (nSPS) is 18.5. The molecule has 2 aromatic rings. The summed E-state index contributed by atoms with van der Waals surface area (Å²) in [7, 11) is 0. The Morgan fingerprint density at radius 2 is 1.96 bits per heavy atom. The predicted octanol–water partition coefficient (Wildman–Crippen LogP) is 1.33. The van der Waals surface area contributed by atoms with E-state index in [-0.39, 0.29) is 5.28 Å². The van der Waals surface area contributed by atoms with Gasteiger partial charge in [0.25, 0.3) is 5.97 Å². The summed E-state index contributed by atoms with van der Waals surface area (Å²) in [4.78, 5) is 20.1. The average Bonchev–Trinajstić information content (AvgIpc) is 3.06.